The molecule has 1 unspecified atom stereocenters. The van der Waals surface area contributed by atoms with Gasteiger partial charge in [-0.1, -0.05) is 21.8 Å². The van der Waals surface area contributed by atoms with Crippen LogP contribution in [0.5, 0.6) is 0 Å². The molecule has 1 aromatic rings. The van der Waals surface area contributed by atoms with E-state index in [0.717, 1.165) is 0 Å². The van der Waals surface area contributed by atoms with Crippen LogP contribution in [0.2, 0.25) is 5.02 Å². The molecule has 0 spiro atoms. The van der Waals surface area contributed by atoms with Gasteiger partial charge >= 0.3 is 29.6 Å². The van der Waals surface area contributed by atoms with Gasteiger partial charge in [-0.05, 0) is 17.4 Å². The molecule has 3 N–H and O–H groups in total. The largest absolute Gasteiger partial charge is 1.00 e. The summed E-state index contributed by atoms with van der Waals surface area (Å²) in [5, 5.41) is 4.00. The second-order valence-corrected chi connectivity index (χ2v) is 3.98. The first-order valence-electron chi connectivity index (χ1n) is 4.34. The number of aromatic nitrogens is 1. The molecule has 0 fully saturated rings. The zero-order chi connectivity index (χ0) is 11.7. The second-order valence-electron chi connectivity index (χ2n) is 3.17. The normalized spacial score (nSPS) is 17.0. The number of anilines is 1. The Kier molecular flexibility index (Phi) is 7.13. The van der Waals surface area contributed by atoms with Crippen LogP contribution in [0.1, 0.15) is 23.9 Å². The van der Waals surface area contributed by atoms with Crippen LogP contribution in [0.3, 0.4) is 0 Å². The third-order valence-corrected chi connectivity index (χ3v) is 2.69. The molecular formula is C9H7Cl2N3NaO3-. The minimum atomic E-state index is -0.431. The molecule has 0 saturated carbocycles. The summed E-state index contributed by atoms with van der Waals surface area (Å²) in [6, 6.07) is 1.53. The van der Waals surface area contributed by atoms with Crippen molar-refractivity contribution in [2.45, 2.75) is 12.5 Å². The van der Waals surface area contributed by atoms with Crippen molar-refractivity contribution in [3.05, 3.63) is 22.5 Å². The van der Waals surface area contributed by atoms with E-state index in [2.05, 4.69) is 10.1 Å². The number of nitrogen functional groups attached to an aromatic ring is 1. The van der Waals surface area contributed by atoms with Gasteiger partial charge in [-0.25, -0.2) is 11.6 Å². The van der Waals surface area contributed by atoms with Crippen LogP contribution in [0, 0.1) is 0 Å². The summed E-state index contributed by atoms with van der Waals surface area (Å²) in [4.78, 5) is 19.6. The minimum absolute atomic E-state index is 0. The molecule has 1 aliphatic heterocycles. The Morgan fingerprint density at radius 2 is 2.17 bits per heavy atom. The molecule has 0 amide bonds. The van der Waals surface area contributed by atoms with E-state index in [4.69, 9.17) is 33.8 Å². The molecule has 1 aromatic heterocycles. The maximum Gasteiger partial charge on any atom is 1.00 e. The topological polar surface area (TPSA) is 108 Å². The molecule has 0 radical (unpaired) electrons. The Hall–Kier alpha value is -0.370. The summed E-state index contributed by atoms with van der Waals surface area (Å²) < 4.78 is 0. The molecule has 1 atom stereocenters. The second kappa shape index (κ2) is 7.28. The zero-order valence-electron chi connectivity index (χ0n) is 9.35. The van der Waals surface area contributed by atoms with Crippen molar-refractivity contribution in [2.24, 2.45) is 5.16 Å². The zero-order valence-corrected chi connectivity index (χ0v) is 12.9. The number of carbonyl (C=O) groups excluding carboxylic acids is 1. The van der Waals surface area contributed by atoms with Crippen molar-refractivity contribution < 1.29 is 44.7 Å². The number of oxime groups is 1. The van der Waals surface area contributed by atoms with Gasteiger partial charge < -0.3 is 20.8 Å². The Balaban J connectivity index is 0.00000144. The van der Waals surface area contributed by atoms with E-state index in [1.807, 2.05) is 0 Å². The quantitative estimate of drug-likeness (QED) is 0.534. The molecule has 0 aromatic carbocycles. The Labute approximate surface area is 135 Å². The fraction of sp³-hybridized carbons (Fsp3) is 0.222. The molecule has 0 aliphatic carbocycles. The van der Waals surface area contributed by atoms with E-state index >= 15 is 0 Å². The maximum absolute atomic E-state index is 10.6. The summed E-state index contributed by atoms with van der Waals surface area (Å²) in [6.45, 7) is 0. The SMILES string of the molecule is Nc1cc(C2CC(Cl)=NO2)nc([C-]=O)c1Cl.[Na+].[OH-]. The first kappa shape index (κ1) is 17.6. The van der Waals surface area contributed by atoms with Gasteiger partial charge in [-0.2, -0.15) is 0 Å². The Morgan fingerprint density at radius 3 is 2.67 bits per heavy atom. The van der Waals surface area contributed by atoms with E-state index in [-0.39, 0.29) is 51.4 Å². The van der Waals surface area contributed by atoms with Crippen LogP contribution < -0.4 is 35.3 Å². The van der Waals surface area contributed by atoms with Crippen LogP contribution in [-0.2, 0) is 9.63 Å². The molecule has 6 nitrogen and oxygen atoms in total. The van der Waals surface area contributed by atoms with Crippen LogP contribution in [0.4, 0.5) is 5.69 Å². The van der Waals surface area contributed by atoms with Crippen LogP contribution >= 0.6 is 23.2 Å². The van der Waals surface area contributed by atoms with Gasteiger partial charge in [0.05, 0.1) is 5.69 Å². The van der Waals surface area contributed by atoms with Gasteiger partial charge in [0, 0.05) is 12.7 Å². The summed E-state index contributed by atoms with van der Waals surface area (Å²) in [6.07, 6.45) is 1.58. The fourth-order valence-electron chi connectivity index (χ4n) is 1.31. The van der Waals surface area contributed by atoms with Crippen molar-refractivity contribution in [1.82, 2.24) is 4.98 Å². The summed E-state index contributed by atoms with van der Waals surface area (Å²) in [7, 11) is 0. The molecule has 0 saturated heterocycles. The number of nitrogens with zero attached hydrogens (tertiary/aromatic N) is 2. The average molecular weight is 299 g/mol. The van der Waals surface area contributed by atoms with Gasteiger partial charge in [0.1, 0.15) is 5.17 Å². The number of halogens is 2. The van der Waals surface area contributed by atoms with E-state index in [9.17, 15) is 4.79 Å². The first-order chi connectivity index (χ1) is 7.61. The van der Waals surface area contributed by atoms with Crippen molar-refractivity contribution in [2.75, 3.05) is 5.73 Å². The summed E-state index contributed by atoms with van der Waals surface area (Å²) in [5.41, 5.74) is 6.29. The number of hydrogen-bond acceptors (Lipinski definition) is 6. The van der Waals surface area contributed by atoms with Crippen LogP contribution in [0.15, 0.2) is 11.2 Å². The maximum atomic E-state index is 10.6. The molecule has 1 aliphatic rings. The summed E-state index contributed by atoms with van der Waals surface area (Å²) >= 11 is 11.4. The van der Waals surface area contributed by atoms with Crippen molar-refractivity contribution in [3.8, 4) is 0 Å². The predicted molar refractivity (Wildman–Crippen MR) is 62.1 cm³/mol. The average Bonchev–Trinajstić information content (AvgIpc) is 2.69. The van der Waals surface area contributed by atoms with Crippen molar-refractivity contribution in [1.29, 1.82) is 0 Å². The molecule has 2 heterocycles. The van der Waals surface area contributed by atoms with E-state index in [1.165, 1.54) is 6.07 Å². The summed E-state index contributed by atoms with van der Waals surface area (Å²) in [5.74, 6) is 0. The van der Waals surface area contributed by atoms with Gasteiger partial charge in [-0.15, -0.1) is 0 Å². The number of nitrogens with two attached hydrogens (primary N) is 1. The number of rotatable bonds is 2. The molecule has 2 rings (SSSR count). The molecule has 0 bridgehead atoms. The van der Waals surface area contributed by atoms with E-state index < -0.39 is 6.10 Å². The standard InChI is InChI=1S/C9H6Cl2N3O2.Na.H2O/c10-8-2-7(16-14-8)5-1-4(12)9(11)6(3-15)13-5;;/h1,7H,2H2,(H2,12,13);;1H2/q-1;+1;/p-1. The Morgan fingerprint density at radius 1 is 1.50 bits per heavy atom. The van der Waals surface area contributed by atoms with Crippen molar-refractivity contribution >= 4 is 40.3 Å². The Bertz CT molecular complexity index is 484. The third kappa shape index (κ3) is 3.57. The molecular weight excluding hydrogens is 292 g/mol. The predicted octanol–water partition coefficient (Wildman–Crippen LogP) is -1.38. The van der Waals surface area contributed by atoms with E-state index in [1.54, 1.807) is 6.29 Å². The van der Waals surface area contributed by atoms with Gasteiger partial charge in [0.2, 0.25) is 0 Å². The fourth-order valence-corrected chi connectivity index (χ4v) is 1.62. The number of hydrogen-bond donors (Lipinski definition) is 1. The van der Waals surface area contributed by atoms with Crippen LogP contribution in [-0.4, -0.2) is 21.9 Å². The molecule has 18 heavy (non-hydrogen) atoms. The molecule has 92 valence electrons. The van der Waals surface area contributed by atoms with Crippen LogP contribution in [0.25, 0.3) is 0 Å². The van der Waals surface area contributed by atoms with Crippen molar-refractivity contribution in [3.63, 3.8) is 0 Å². The first-order valence-corrected chi connectivity index (χ1v) is 5.09. The van der Waals surface area contributed by atoms with Gasteiger partial charge in [-0.3, -0.25) is 4.98 Å². The third-order valence-electron chi connectivity index (χ3n) is 2.07. The monoisotopic (exact) mass is 298 g/mol. The minimum Gasteiger partial charge on any atom is -0.870 e. The van der Waals surface area contributed by atoms with Gasteiger partial charge in [0.15, 0.2) is 6.10 Å². The van der Waals surface area contributed by atoms with E-state index in [0.29, 0.717) is 17.3 Å². The number of pyridine rings is 1. The smallest absolute Gasteiger partial charge is 0.870 e. The molecule has 9 heteroatoms. The van der Waals surface area contributed by atoms with Gasteiger partial charge in [0.25, 0.3) is 0 Å².